The lowest BCUT2D eigenvalue weighted by Gasteiger charge is -2.08. The molecule has 1 aliphatic rings. The van der Waals surface area contributed by atoms with Crippen LogP contribution >= 0.6 is 11.6 Å². The van der Waals surface area contributed by atoms with Crippen molar-refractivity contribution in [1.82, 2.24) is 0 Å². The molecule has 0 amide bonds. The summed E-state index contributed by atoms with van der Waals surface area (Å²) in [6.45, 7) is 3.49. The van der Waals surface area contributed by atoms with Crippen LogP contribution in [0.5, 0.6) is 0 Å². The van der Waals surface area contributed by atoms with Crippen molar-refractivity contribution < 1.29 is 26.3 Å². The predicted molar refractivity (Wildman–Crippen MR) is 32.7 cm³/mol. The van der Waals surface area contributed by atoms with Crippen LogP contribution in [0.1, 0.15) is 0 Å². The maximum absolute atomic E-state index is 5.43. The first-order valence-corrected chi connectivity index (χ1v) is 3.12. The minimum atomic E-state index is 0. The van der Waals surface area contributed by atoms with Crippen LogP contribution in [0.15, 0.2) is 0 Å². The Bertz CT molecular complexity index is 99.1. The van der Waals surface area contributed by atoms with Crippen molar-refractivity contribution in [1.29, 1.82) is 0 Å². The molecule has 2 nitrogen and oxygen atoms in total. The van der Waals surface area contributed by atoms with Crippen molar-refractivity contribution in [2.24, 2.45) is 0 Å². The second-order valence-electron chi connectivity index (χ2n) is 1.75. The van der Waals surface area contributed by atoms with Crippen LogP contribution in [0.25, 0.3) is 0 Å². The van der Waals surface area contributed by atoms with Crippen molar-refractivity contribution in [3.63, 3.8) is 0 Å². The van der Waals surface area contributed by atoms with E-state index in [1.807, 2.05) is 4.58 Å². The standard InChI is InChI=1S/C5H9ClNO.BrH/c6-5-7-1-3-8-4-2-7;/h5H,1-4H2;1H/q+1;/p-1. The van der Waals surface area contributed by atoms with E-state index in [9.17, 15) is 0 Å². The highest BCUT2D eigenvalue weighted by Gasteiger charge is 2.08. The number of halogens is 2. The van der Waals surface area contributed by atoms with E-state index in [1.54, 1.807) is 5.67 Å². The molecule has 1 heterocycles. The van der Waals surface area contributed by atoms with Gasteiger partial charge in [0.1, 0.15) is 13.2 Å². The molecule has 0 saturated carbocycles. The Morgan fingerprint density at radius 2 is 1.89 bits per heavy atom. The van der Waals surface area contributed by atoms with Crippen molar-refractivity contribution >= 4 is 17.3 Å². The molecule has 0 aliphatic carbocycles. The van der Waals surface area contributed by atoms with Gasteiger partial charge in [0, 0.05) is 0 Å². The van der Waals surface area contributed by atoms with E-state index < -0.39 is 0 Å². The van der Waals surface area contributed by atoms with E-state index in [2.05, 4.69) is 0 Å². The molecule has 4 heteroatoms. The van der Waals surface area contributed by atoms with Crippen LogP contribution in [0.2, 0.25) is 0 Å². The highest BCUT2D eigenvalue weighted by molar-refractivity contribution is 6.54. The molecular formula is C5H9BrClNO. The molecule has 0 N–H and O–H groups in total. The topological polar surface area (TPSA) is 12.2 Å². The zero-order valence-electron chi connectivity index (χ0n) is 5.02. The van der Waals surface area contributed by atoms with E-state index in [4.69, 9.17) is 16.3 Å². The Labute approximate surface area is 70.2 Å². The van der Waals surface area contributed by atoms with Gasteiger partial charge in [-0.15, -0.1) is 0 Å². The lowest BCUT2D eigenvalue weighted by atomic mass is 10.5. The van der Waals surface area contributed by atoms with Gasteiger partial charge in [-0.1, -0.05) is 0 Å². The lowest BCUT2D eigenvalue weighted by Crippen LogP contribution is -3.00. The monoisotopic (exact) mass is 213 g/mol. The molecule has 0 aromatic heterocycles. The number of rotatable bonds is 0. The molecule has 1 aliphatic heterocycles. The molecule has 0 radical (unpaired) electrons. The number of morpholine rings is 1. The molecule has 1 fully saturated rings. The summed E-state index contributed by atoms with van der Waals surface area (Å²) in [6, 6.07) is 0. The molecule has 0 aromatic rings. The Morgan fingerprint density at radius 1 is 1.33 bits per heavy atom. The van der Waals surface area contributed by atoms with Gasteiger partial charge in [-0.2, -0.15) is 0 Å². The van der Waals surface area contributed by atoms with Crippen LogP contribution in [0, 0.1) is 0 Å². The number of ether oxygens (including phenoxy) is 1. The Balaban J connectivity index is 0.000000640. The van der Waals surface area contributed by atoms with Gasteiger partial charge in [0.2, 0.25) is 5.67 Å². The summed E-state index contributed by atoms with van der Waals surface area (Å²) in [5.74, 6) is 0. The predicted octanol–water partition coefficient (Wildman–Crippen LogP) is -2.70. The fourth-order valence-corrected chi connectivity index (χ4v) is 0.870. The third-order valence-electron chi connectivity index (χ3n) is 1.18. The third kappa shape index (κ3) is 3.18. The summed E-state index contributed by atoms with van der Waals surface area (Å²) in [5, 5.41) is 0. The Kier molecular flexibility index (Phi) is 5.44. The molecule has 0 atom stereocenters. The van der Waals surface area contributed by atoms with Crippen molar-refractivity contribution in [3.8, 4) is 0 Å². The fraction of sp³-hybridized carbons (Fsp3) is 0.800. The summed E-state index contributed by atoms with van der Waals surface area (Å²) in [6.07, 6.45) is 0. The van der Waals surface area contributed by atoms with Gasteiger partial charge in [0.15, 0.2) is 13.1 Å². The van der Waals surface area contributed by atoms with Crippen LogP contribution in [0.4, 0.5) is 0 Å². The molecule has 9 heavy (non-hydrogen) atoms. The molecular weight excluding hydrogens is 205 g/mol. The van der Waals surface area contributed by atoms with Gasteiger partial charge in [0.05, 0.1) is 0 Å². The Morgan fingerprint density at radius 3 is 2.22 bits per heavy atom. The second-order valence-corrected chi connectivity index (χ2v) is 1.94. The van der Waals surface area contributed by atoms with Crippen LogP contribution in [0.3, 0.4) is 0 Å². The minimum absolute atomic E-state index is 0. The van der Waals surface area contributed by atoms with Crippen molar-refractivity contribution in [3.05, 3.63) is 0 Å². The summed E-state index contributed by atoms with van der Waals surface area (Å²) in [7, 11) is 0. The molecule has 54 valence electrons. The van der Waals surface area contributed by atoms with Gasteiger partial charge in [-0.25, -0.2) is 4.58 Å². The summed E-state index contributed by atoms with van der Waals surface area (Å²) < 4.78 is 7.11. The number of hydrogen-bond donors (Lipinski definition) is 0. The first kappa shape index (κ1) is 9.40. The Hall–Kier alpha value is 0.400. The van der Waals surface area contributed by atoms with Crippen LogP contribution < -0.4 is 17.0 Å². The lowest BCUT2D eigenvalue weighted by molar-refractivity contribution is -0.543. The SMILES string of the molecule is ClC=[N+]1CCOCC1.[Br-]. The highest BCUT2D eigenvalue weighted by atomic mass is 79.9. The van der Waals surface area contributed by atoms with Crippen LogP contribution in [-0.4, -0.2) is 36.6 Å². The largest absolute Gasteiger partial charge is 1.00 e. The smallest absolute Gasteiger partial charge is 0.232 e. The van der Waals surface area contributed by atoms with Gasteiger partial charge in [-0.05, 0) is 11.6 Å². The maximum atomic E-state index is 5.43. The minimum Gasteiger partial charge on any atom is -1.00 e. The van der Waals surface area contributed by atoms with Gasteiger partial charge in [0.25, 0.3) is 0 Å². The van der Waals surface area contributed by atoms with Gasteiger partial charge in [-0.3, -0.25) is 0 Å². The highest BCUT2D eigenvalue weighted by Crippen LogP contribution is 1.87. The van der Waals surface area contributed by atoms with E-state index in [0.29, 0.717) is 0 Å². The molecule has 0 spiro atoms. The average molecular weight is 214 g/mol. The van der Waals surface area contributed by atoms with Crippen molar-refractivity contribution in [2.45, 2.75) is 0 Å². The first-order chi connectivity index (χ1) is 3.93. The van der Waals surface area contributed by atoms with E-state index in [0.717, 1.165) is 26.3 Å². The van der Waals surface area contributed by atoms with Crippen molar-refractivity contribution in [2.75, 3.05) is 26.3 Å². The van der Waals surface area contributed by atoms with E-state index >= 15 is 0 Å². The summed E-state index contributed by atoms with van der Waals surface area (Å²) in [5.41, 5.74) is 1.59. The third-order valence-corrected chi connectivity index (χ3v) is 1.46. The molecule has 0 aromatic carbocycles. The summed E-state index contributed by atoms with van der Waals surface area (Å²) >= 11 is 5.43. The normalized spacial score (nSPS) is 18.6. The molecule has 0 unspecified atom stereocenters. The van der Waals surface area contributed by atoms with Gasteiger partial charge < -0.3 is 21.7 Å². The van der Waals surface area contributed by atoms with Crippen LogP contribution in [-0.2, 0) is 4.74 Å². The number of hydrogen-bond acceptors (Lipinski definition) is 1. The quantitative estimate of drug-likeness (QED) is 0.400. The molecule has 1 saturated heterocycles. The second kappa shape index (κ2) is 5.21. The van der Waals surface area contributed by atoms with Gasteiger partial charge >= 0.3 is 0 Å². The number of nitrogens with zero attached hydrogens (tertiary/aromatic N) is 1. The first-order valence-electron chi connectivity index (χ1n) is 2.69. The van der Waals surface area contributed by atoms with E-state index in [1.165, 1.54) is 0 Å². The maximum Gasteiger partial charge on any atom is 0.232 e. The molecule has 0 bridgehead atoms. The average Bonchev–Trinajstić information content (AvgIpc) is 1.90. The van der Waals surface area contributed by atoms with E-state index in [-0.39, 0.29) is 17.0 Å². The molecule has 1 rings (SSSR count). The summed E-state index contributed by atoms with van der Waals surface area (Å²) in [4.78, 5) is 0. The zero-order valence-corrected chi connectivity index (χ0v) is 7.36. The zero-order chi connectivity index (χ0) is 5.82. The fourth-order valence-electron chi connectivity index (χ4n) is 0.675.